The van der Waals surface area contributed by atoms with Gasteiger partial charge >= 0.3 is 5.97 Å². The number of carboxylic acids is 1. The van der Waals surface area contributed by atoms with Crippen LogP contribution >= 0.6 is 0 Å². The molecular weight excluding hydrogens is 420 g/mol. The average Bonchev–Trinajstić information content (AvgIpc) is 3.25. The molecule has 0 saturated heterocycles. The van der Waals surface area contributed by atoms with Crippen LogP contribution in [0, 0.1) is 0 Å². The molecule has 0 atom stereocenters. The van der Waals surface area contributed by atoms with Crippen LogP contribution in [0.2, 0.25) is 0 Å². The first-order valence-electron chi connectivity index (χ1n) is 10.3. The van der Waals surface area contributed by atoms with Gasteiger partial charge in [0.15, 0.2) is 0 Å². The van der Waals surface area contributed by atoms with Gasteiger partial charge in [0.2, 0.25) is 11.6 Å². The molecule has 0 saturated carbocycles. The summed E-state index contributed by atoms with van der Waals surface area (Å²) in [5.74, 6) is -1.15. The van der Waals surface area contributed by atoms with Crippen LogP contribution in [0.5, 0.6) is 5.88 Å². The molecule has 0 aliphatic carbocycles. The first-order chi connectivity index (χ1) is 16.1. The number of nitrogens with zero attached hydrogens (tertiary/aromatic N) is 3. The maximum absolute atomic E-state index is 12.9. The summed E-state index contributed by atoms with van der Waals surface area (Å²) in [4.78, 5) is 23.9. The SMILES string of the molecule is O=C(O)c1ccc(COc2c(C(=O)NCc3ccccc3)nnn2Cc2ccccc2)cc1. The van der Waals surface area contributed by atoms with Crippen LogP contribution in [0.3, 0.4) is 0 Å². The number of aromatic carboxylic acids is 1. The third kappa shape index (κ3) is 5.62. The van der Waals surface area contributed by atoms with E-state index in [0.29, 0.717) is 13.1 Å². The lowest BCUT2D eigenvalue weighted by Gasteiger charge is -2.11. The summed E-state index contributed by atoms with van der Waals surface area (Å²) < 4.78 is 7.51. The summed E-state index contributed by atoms with van der Waals surface area (Å²) in [5.41, 5.74) is 2.97. The smallest absolute Gasteiger partial charge is 0.335 e. The highest BCUT2D eigenvalue weighted by Crippen LogP contribution is 2.20. The van der Waals surface area contributed by atoms with Gasteiger partial charge in [-0.25, -0.2) is 9.48 Å². The number of rotatable bonds is 9. The standard InChI is InChI=1S/C25H22N4O4/c30-23(26-15-18-7-3-1-4-8-18)22-24(29(28-27-22)16-19-9-5-2-6-10-19)33-17-20-11-13-21(14-12-20)25(31)32/h1-14H,15-17H2,(H,26,30)(H,31,32). The topological polar surface area (TPSA) is 106 Å². The van der Waals surface area contributed by atoms with Gasteiger partial charge in [-0.05, 0) is 28.8 Å². The molecule has 8 heteroatoms. The van der Waals surface area contributed by atoms with E-state index in [1.54, 1.807) is 16.8 Å². The highest BCUT2D eigenvalue weighted by atomic mass is 16.5. The van der Waals surface area contributed by atoms with E-state index in [4.69, 9.17) is 9.84 Å². The average molecular weight is 442 g/mol. The minimum absolute atomic E-state index is 0.0871. The first-order valence-corrected chi connectivity index (χ1v) is 10.3. The number of hydrogen-bond donors (Lipinski definition) is 2. The Morgan fingerprint density at radius 1 is 0.848 bits per heavy atom. The minimum Gasteiger partial charge on any atom is -0.478 e. The van der Waals surface area contributed by atoms with Crippen LogP contribution in [0.1, 0.15) is 37.5 Å². The molecule has 166 valence electrons. The van der Waals surface area contributed by atoms with Gasteiger partial charge in [-0.3, -0.25) is 4.79 Å². The third-order valence-corrected chi connectivity index (χ3v) is 4.95. The zero-order chi connectivity index (χ0) is 23.0. The maximum atomic E-state index is 12.9. The van der Waals surface area contributed by atoms with E-state index in [0.717, 1.165) is 16.7 Å². The van der Waals surface area contributed by atoms with Crippen molar-refractivity contribution in [2.24, 2.45) is 0 Å². The number of amides is 1. The Hall–Kier alpha value is -4.46. The monoisotopic (exact) mass is 442 g/mol. The highest BCUT2D eigenvalue weighted by molar-refractivity contribution is 5.94. The summed E-state index contributed by atoms with van der Waals surface area (Å²) >= 11 is 0. The van der Waals surface area contributed by atoms with Crippen LogP contribution in [0.15, 0.2) is 84.9 Å². The number of carboxylic acid groups (broad SMARTS) is 1. The summed E-state index contributed by atoms with van der Waals surface area (Å²) in [5, 5.41) is 20.1. The summed E-state index contributed by atoms with van der Waals surface area (Å²) in [7, 11) is 0. The molecule has 1 heterocycles. The Balaban J connectivity index is 1.53. The van der Waals surface area contributed by atoms with Crippen molar-refractivity contribution in [3.05, 3.63) is 113 Å². The number of hydrogen-bond acceptors (Lipinski definition) is 5. The molecular formula is C25H22N4O4. The summed E-state index contributed by atoms with van der Waals surface area (Å²) in [6, 6.07) is 25.6. The van der Waals surface area contributed by atoms with Crippen molar-refractivity contribution < 1.29 is 19.4 Å². The molecule has 8 nitrogen and oxygen atoms in total. The van der Waals surface area contributed by atoms with Crippen molar-refractivity contribution in [3.8, 4) is 5.88 Å². The lowest BCUT2D eigenvalue weighted by molar-refractivity contribution is 0.0696. The van der Waals surface area contributed by atoms with Crippen molar-refractivity contribution in [1.82, 2.24) is 20.3 Å². The molecule has 0 radical (unpaired) electrons. The quantitative estimate of drug-likeness (QED) is 0.411. The van der Waals surface area contributed by atoms with Gasteiger partial charge in [-0.15, -0.1) is 5.10 Å². The van der Waals surface area contributed by atoms with Crippen molar-refractivity contribution in [1.29, 1.82) is 0 Å². The van der Waals surface area contributed by atoms with Gasteiger partial charge in [-0.1, -0.05) is 78.0 Å². The van der Waals surface area contributed by atoms with Gasteiger partial charge in [0.1, 0.15) is 6.61 Å². The normalized spacial score (nSPS) is 10.5. The fraction of sp³-hybridized carbons (Fsp3) is 0.120. The highest BCUT2D eigenvalue weighted by Gasteiger charge is 2.22. The molecule has 0 aliphatic heterocycles. The largest absolute Gasteiger partial charge is 0.478 e. The molecule has 2 N–H and O–H groups in total. The maximum Gasteiger partial charge on any atom is 0.335 e. The predicted molar refractivity (Wildman–Crippen MR) is 121 cm³/mol. The van der Waals surface area contributed by atoms with Gasteiger partial charge in [0, 0.05) is 6.54 Å². The molecule has 0 bridgehead atoms. The molecule has 33 heavy (non-hydrogen) atoms. The molecule has 0 aliphatic rings. The van der Waals surface area contributed by atoms with Crippen LogP contribution in [-0.2, 0) is 19.7 Å². The number of ether oxygens (including phenoxy) is 1. The van der Waals surface area contributed by atoms with Crippen molar-refractivity contribution in [2.75, 3.05) is 0 Å². The second-order valence-electron chi connectivity index (χ2n) is 7.35. The van der Waals surface area contributed by atoms with Crippen molar-refractivity contribution in [2.45, 2.75) is 19.7 Å². The van der Waals surface area contributed by atoms with E-state index in [-0.39, 0.29) is 23.7 Å². The van der Waals surface area contributed by atoms with Crippen LogP contribution < -0.4 is 10.1 Å². The molecule has 4 aromatic rings. The second kappa shape index (κ2) is 10.2. The van der Waals surface area contributed by atoms with Crippen molar-refractivity contribution in [3.63, 3.8) is 0 Å². The van der Waals surface area contributed by atoms with Gasteiger partial charge in [0.05, 0.1) is 12.1 Å². The van der Waals surface area contributed by atoms with E-state index in [1.807, 2.05) is 60.7 Å². The Labute approximate surface area is 190 Å². The molecule has 0 spiro atoms. The molecule has 0 unspecified atom stereocenters. The number of carbonyl (C=O) groups is 2. The van der Waals surface area contributed by atoms with E-state index >= 15 is 0 Å². The van der Waals surface area contributed by atoms with E-state index in [1.165, 1.54) is 12.1 Å². The predicted octanol–water partition coefficient (Wildman–Crippen LogP) is 3.53. The number of carbonyl (C=O) groups excluding carboxylic acids is 1. The Morgan fingerprint density at radius 2 is 1.48 bits per heavy atom. The van der Waals surface area contributed by atoms with Gasteiger partial charge < -0.3 is 15.2 Å². The van der Waals surface area contributed by atoms with Crippen molar-refractivity contribution >= 4 is 11.9 Å². The summed E-state index contributed by atoms with van der Waals surface area (Å²) in [6.07, 6.45) is 0. The fourth-order valence-electron chi connectivity index (χ4n) is 3.21. The zero-order valence-corrected chi connectivity index (χ0v) is 17.7. The molecule has 4 rings (SSSR count). The van der Waals surface area contributed by atoms with Crippen LogP contribution in [0.25, 0.3) is 0 Å². The lowest BCUT2D eigenvalue weighted by atomic mass is 10.1. The lowest BCUT2D eigenvalue weighted by Crippen LogP contribution is -2.24. The van der Waals surface area contributed by atoms with Gasteiger partial charge in [0.25, 0.3) is 5.91 Å². The molecule has 1 amide bonds. The van der Waals surface area contributed by atoms with Gasteiger partial charge in [-0.2, -0.15) is 0 Å². The van der Waals surface area contributed by atoms with E-state index < -0.39 is 11.9 Å². The molecule has 0 fully saturated rings. The zero-order valence-electron chi connectivity index (χ0n) is 17.7. The fourth-order valence-corrected chi connectivity index (χ4v) is 3.21. The molecule has 1 aromatic heterocycles. The minimum atomic E-state index is -0.995. The Kier molecular flexibility index (Phi) is 6.75. The molecule has 3 aromatic carbocycles. The van der Waals surface area contributed by atoms with Crippen LogP contribution in [-0.4, -0.2) is 32.0 Å². The van der Waals surface area contributed by atoms with E-state index in [2.05, 4.69) is 15.6 Å². The third-order valence-electron chi connectivity index (χ3n) is 4.95. The number of nitrogens with one attached hydrogen (secondary N) is 1. The number of aromatic nitrogens is 3. The van der Waals surface area contributed by atoms with E-state index in [9.17, 15) is 9.59 Å². The second-order valence-corrected chi connectivity index (χ2v) is 7.35. The summed E-state index contributed by atoms with van der Waals surface area (Å²) in [6.45, 7) is 0.857. The van der Waals surface area contributed by atoms with Crippen LogP contribution in [0.4, 0.5) is 0 Å². The number of benzene rings is 3. The Bertz CT molecular complexity index is 1220. The Morgan fingerprint density at radius 3 is 2.12 bits per heavy atom. The first kappa shape index (κ1) is 21.8.